The third-order valence-corrected chi connectivity index (χ3v) is 5.24. The Bertz CT molecular complexity index is 1440. The average Bonchev–Trinajstić information content (AvgIpc) is 2.83. The Morgan fingerprint density at radius 1 is 1.03 bits per heavy atom. The summed E-state index contributed by atoms with van der Waals surface area (Å²) in [6.07, 6.45) is 0.0186. The Morgan fingerprint density at radius 2 is 1.77 bits per heavy atom. The van der Waals surface area contributed by atoms with E-state index in [1.165, 1.54) is 12.1 Å². The van der Waals surface area contributed by atoms with E-state index in [4.69, 9.17) is 21.9 Å². The maximum absolute atomic E-state index is 13.2. The van der Waals surface area contributed by atoms with Crippen molar-refractivity contribution in [2.24, 2.45) is 0 Å². The molecule has 3 aromatic carbocycles. The third kappa shape index (κ3) is 5.59. The monoisotopic (exact) mass is 486 g/mol. The molecular weight excluding hydrogens is 464 g/mol. The number of fused-ring (bicyclic) bond motifs is 1. The molecule has 0 fully saturated rings. The van der Waals surface area contributed by atoms with Gasteiger partial charge in [-0.1, -0.05) is 42.5 Å². The third-order valence-electron chi connectivity index (χ3n) is 5.04. The van der Waals surface area contributed by atoms with Crippen LogP contribution in [0.1, 0.15) is 24.2 Å². The van der Waals surface area contributed by atoms with Crippen molar-refractivity contribution in [1.29, 1.82) is 0 Å². The number of nitrogens with one attached hydrogen (secondary N) is 2. The highest BCUT2D eigenvalue weighted by Crippen LogP contribution is 2.28. The van der Waals surface area contributed by atoms with Crippen LogP contribution in [0, 0.1) is 10.1 Å². The highest BCUT2D eigenvalue weighted by molar-refractivity contribution is 7.80. The number of amides is 1. The Hall–Kier alpha value is -4.37. The lowest BCUT2D eigenvalue weighted by atomic mass is 10.0. The average molecular weight is 487 g/mol. The molecule has 0 aliphatic carbocycles. The van der Waals surface area contributed by atoms with Crippen LogP contribution >= 0.6 is 12.2 Å². The molecule has 1 amide bonds. The van der Waals surface area contributed by atoms with Crippen molar-refractivity contribution in [3.8, 4) is 17.0 Å². The fraction of sp³-hybridized carbons (Fsp3) is 0.115. The van der Waals surface area contributed by atoms with E-state index >= 15 is 0 Å². The number of rotatable bonds is 6. The van der Waals surface area contributed by atoms with E-state index in [1.54, 1.807) is 24.3 Å². The molecule has 35 heavy (non-hydrogen) atoms. The molecule has 0 bridgehead atoms. The molecule has 0 aliphatic heterocycles. The lowest BCUT2D eigenvalue weighted by Gasteiger charge is -2.13. The molecule has 4 rings (SSSR count). The smallest absolute Gasteiger partial charge is 0.292 e. The maximum Gasteiger partial charge on any atom is 0.292 e. The summed E-state index contributed by atoms with van der Waals surface area (Å²) >= 11 is 5.27. The minimum absolute atomic E-state index is 0.0186. The SMILES string of the molecule is CC(C)Oc1cccc(-c2cc(C(=O)NC(=S)Nc3ccccc3[N+](=O)[O-])c3ccccc3n2)c1. The van der Waals surface area contributed by atoms with Crippen LogP contribution in [0.15, 0.2) is 78.9 Å². The summed E-state index contributed by atoms with van der Waals surface area (Å²) in [5.41, 5.74) is 2.44. The minimum Gasteiger partial charge on any atom is -0.491 e. The second-order valence-corrected chi connectivity index (χ2v) is 8.36. The van der Waals surface area contributed by atoms with Crippen molar-refractivity contribution < 1.29 is 14.5 Å². The highest BCUT2D eigenvalue weighted by Gasteiger charge is 2.18. The molecule has 0 radical (unpaired) electrons. The first-order valence-electron chi connectivity index (χ1n) is 10.8. The number of nitro groups is 1. The summed E-state index contributed by atoms with van der Waals surface area (Å²) in [5, 5.41) is 17.2. The first kappa shape index (κ1) is 23.8. The van der Waals surface area contributed by atoms with E-state index in [9.17, 15) is 14.9 Å². The summed E-state index contributed by atoms with van der Waals surface area (Å²) < 4.78 is 5.80. The molecule has 0 spiro atoms. The Kier molecular flexibility index (Phi) is 6.98. The Balaban J connectivity index is 1.65. The first-order valence-corrected chi connectivity index (χ1v) is 11.3. The van der Waals surface area contributed by atoms with Crippen LogP contribution in [0.2, 0.25) is 0 Å². The van der Waals surface area contributed by atoms with E-state index < -0.39 is 10.8 Å². The fourth-order valence-electron chi connectivity index (χ4n) is 3.57. The number of carbonyl (C=O) groups is 1. The van der Waals surface area contributed by atoms with Gasteiger partial charge in [-0.05, 0) is 56.4 Å². The van der Waals surface area contributed by atoms with Crippen molar-refractivity contribution >= 4 is 45.5 Å². The van der Waals surface area contributed by atoms with Gasteiger partial charge in [0.15, 0.2) is 5.11 Å². The van der Waals surface area contributed by atoms with Gasteiger partial charge in [0.05, 0.1) is 27.8 Å². The quantitative estimate of drug-likeness (QED) is 0.204. The van der Waals surface area contributed by atoms with Crippen molar-refractivity contribution in [1.82, 2.24) is 10.3 Å². The number of hydrogen-bond donors (Lipinski definition) is 2. The number of benzene rings is 3. The number of anilines is 1. The van der Waals surface area contributed by atoms with Crippen molar-refractivity contribution in [2.45, 2.75) is 20.0 Å². The predicted octanol–water partition coefficient (Wildman–Crippen LogP) is 5.72. The van der Waals surface area contributed by atoms with Gasteiger partial charge in [-0.2, -0.15) is 0 Å². The van der Waals surface area contributed by atoms with Crippen LogP contribution in [0.4, 0.5) is 11.4 Å². The van der Waals surface area contributed by atoms with Gasteiger partial charge in [-0.25, -0.2) is 4.98 Å². The number of nitro benzene ring substituents is 1. The standard InChI is InChI=1S/C26H22N4O4S/c1-16(2)34-18-9-7-8-17(14-18)23-15-20(19-10-3-4-11-21(19)27-23)25(31)29-26(35)28-22-12-5-6-13-24(22)30(32)33/h3-16H,1-2H3,(H2,28,29,31,35). The zero-order valence-corrected chi connectivity index (χ0v) is 19.8. The number of nitrogens with zero attached hydrogens (tertiary/aromatic N) is 2. The normalized spacial score (nSPS) is 10.7. The number of aromatic nitrogens is 1. The summed E-state index contributed by atoms with van der Waals surface area (Å²) in [6, 6.07) is 22.6. The highest BCUT2D eigenvalue weighted by atomic mass is 32.1. The van der Waals surface area contributed by atoms with Gasteiger partial charge in [-0.3, -0.25) is 20.2 Å². The number of para-hydroxylation sites is 3. The second-order valence-electron chi connectivity index (χ2n) is 7.95. The zero-order valence-electron chi connectivity index (χ0n) is 19.0. The molecule has 1 heterocycles. The molecule has 4 aromatic rings. The lowest BCUT2D eigenvalue weighted by Crippen LogP contribution is -2.34. The van der Waals surface area contributed by atoms with Gasteiger partial charge < -0.3 is 10.1 Å². The van der Waals surface area contributed by atoms with Gasteiger partial charge in [0.2, 0.25) is 0 Å². The number of pyridine rings is 1. The molecule has 0 saturated heterocycles. The van der Waals surface area contributed by atoms with Crippen LogP contribution in [-0.2, 0) is 0 Å². The molecular formula is C26H22N4O4S. The van der Waals surface area contributed by atoms with Crippen LogP contribution < -0.4 is 15.4 Å². The molecule has 0 unspecified atom stereocenters. The Labute approximate surface area is 207 Å². The summed E-state index contributed by atoms with van der Waals surface area (Å²) in [5.74, 6) is 0.240. The molecule has 1 aromatic heterocycles. The zero-order chi connectivity index (χ0) is 24.9. The molecule has 8 nitrogen and oxygen atoms in total. The summed E-state index contributed by atoms with van der Waals surface area (Å²) in [7, 11) is 0. The summed E-state index contributed by atoms with van der Waals surface area (Å²) in [6.45, 7) is 3.90. The molecule has 0 saturated carbocycles. The van der Waals surface area contributed by atoms with E-state index in [2.05, 4.69) is 10.6 Å². The van der Waals surface area contributed by atoms with Crippen LogP contribution in [0.5, 0.6) is 5.75 Å². The van der Waals surface area contributed by atoms with Gasteiger partial charge in [-0.15, -0.1) is 0 Å². The number of carbonyl (C=O) groups excluding carboxylic acids is 1. The minimum atomic E-state index is -0.521. The van der Waals surface area contributed by atoms with Gasteiger partial charge in [0.25, 0.3) is 11.6 Å². The first-order chi connectivity index (χ1) is 16.8. The van der Waals surface area contributed by atoms with Crippen molar-refractivity contribution in [2.75, 3.05) is 5.32 Å². The van der Waals surface area contributed by atoms with Crippen LogP contribution in [0.25, 0.3) is 22.2 Å². The summed E-state index contributed by atoms with van der Waals surface area (Å²) in [4.78, 5) is 28.7. The second kappa shape index (κ2) is 10.3. The predicted molar refractivity (Wildman–Crippen MR) is 140 cm³/mol. The topological polar surface area (TPSA) is 106 Å². The van der Waals surface area contributed by atoms with E-state index in [1.807, 2.05) is 56.3 Å². The maximum atomic E-state index is 13.2. The molecule has 0 aliphatic rings. The van der Waals surface area contributed by atoms with E-state index in [-0.39, 0.29) is 22.6 Å². The Morgan fingerprint density at radius 3 is 2.54 bits per heavy atom. The molecule has 2 N–H and O–H groups in total. The van der Waals surface area contributed by atoms with Gasteiger partial charge in [0, 0.05) is 17.0 Å². The number of thiocarbonyl (C=S) groups is 1. The van der Waals surface area contributed by atoms with E-state index in [0.717, 1.165) is 5.56 Å². The number of ether oxygens (including phenoxy) is 1. The van der Waals surface area contributed by atoms with Crippen LogP contribution in [-0.4, -0.2) is 27.0 Å². The van der Waals surface area contributed by atoms with Crippen LogP contribution in [0.3, 0.4) is 0 Å². The van der Waals surface area contributed by atoms with E-state index in [0.29, 0.717) is 27.9 Å². The van der Waals surface area contributed by atoms with Gasteiger partial charge >= 0.3 is 0 Å². The molecule has 176 valence electrons. The lowest BCUT2D eigenvalue weighted by molar-refractivity contribution is -0.383. The number of hydrogen-bond acceptors (Lipinski definition) is 6. The van der Waals surface area contributed by atoms with Crippen molar-refractivity contribution in [3.05, 3.63) is 94.5 Å². The largest absolute Gasteiger partial charge is 0.491 e. The van der Waals surface area contributed by atoms with Crippen molar-refractivity contribution in [3.63, 3.8) is 0 Å². The fourth-order valence-corrected chi connectivity index (χ4v) is 3.78. The molecule has 9 heteroatoms. The van der Waals surface area contributed by atoms with Gasteiger partial charge in [0.1, 0.15) is 11.4 Å². The molecule has 0 atom stereocenters.